The number of nitrogens with one attached hydrogen (secondary N) is 1. The van der Waals surface area contributed by atoms with Gasteiger partial charge in [-0.3, -0.25) is 4.90 Å². The molecule has 0 aliphatic carbocycles. The molecule has 29 heavy (non-hydrogen) atoms. The van der Waals surface area contributed by atoms with Crippen LogP contribution in [0.5, 0.6) is 0 Å². The molecule has 0 atom stereocenters. The Morgan fingerprint density at radius 2 is 1.69 bits per heavy atom. The summed E-state index contributed by atoms with van der Waals surface area (Å²) in [5, 5.41) is 4.61. The van der Waals surface area contributed by atoms with E-state index >= 15 is 0 Å². The standard InChI is InChI=1S/C24H30N4O/c1-24(2,3)19-10-8-18(9-11-19)22-26-21-7-5-4-6-20(21)23(27-22)25-12-13-28-14-16-29-17-15-28/h4-11H,12-17H2,1-3H3,(H,25,26,27). The molecule has 4 rings (SSSR count). The number of nitrogens with zero attached hydrogens (tertiary/aromatic N) is 3. The van der Waals surface area contributed by atoms with Crippen molar-refractivity contribution in [3.8, 4) is 11.4 Å². The van der Waals surface area contributed by atoms with Crippen LogP contribution in [-0.2, 0) is 10.2 Å². The Kier molecular flexibility index (Phi) is 5.79. The van der Waals surface area contributed by atoms with Crippen LogP contribution in [0, 0.1) is 0 Å². The van der Waals surface area contributed by atoms with E-state index in [1.54, 1.807) is 0 Å². The van der Waals surface area contributed by atoms with Crippen molar-refractivity contribution in [3.05, 3.63) is 54.1 Å². The molecule has 2 heterocycles. The Bertz CT molecular complexity index is 957. The van der Waals surface area contributed by atoms with Gasteiger partial charge in [-0.15, -0.1) is 0 Å². The molecule has 1 saturated heterocycles. The van der Waals surface area contributed by atoms with E-state index in [4.69, 9.17) is 14.7 Å². The SMILES string of the molecule is CC(C)(C)c1ccc(-c2nc(NCCN3CCOCC3)c3ccccc3n2)cc1. The van der Waals surface area contributed by atoms with Crippen molar-refractivity contribution < 1.29 is 4.74 Å². The number of hydrogen-bond acceptors (Lipinski definition) is 5. The molecule has 0 amide bonds. The fourth-order valence-electron chi connectivity index (χ4n) is 3.62. The number of ether oxygens (including phenoxy) is 1. The van der Waals surface area contributed by atoms with E-state index in [1.807, 2.05) is 12.1 Å². The molecule has 0 unspecified atom stereocenters. The number of anilines is 1. The number of morpholine rings is 1. The highest BCUT2D eigenvalue weighted by atomic mass is 16.5. The van der Waals surface area contributed by atoms with Crippen LogP contribution >= 0.6 is 0 Å². The first-order valence-corrected chi connectivity index (χ1v) is 10.4. The number of para-hydroxylation sites is 1. The molecule has 0 spiro atoms. The summed E-state index contributed by atoms with van der Waals surface area (Å²) in [4.78, 5) is 12.1. The summed E-state index contributed by atoms with van der Waals surface area (Å²) in [6.07, 6.45) is 0. The van der Waals surface area contributed by atoms with Crippen LogP contribution in [0.3, 0.4) is 0 Å². The smallest absolute Gasteiger partial charge is 0.162 e. The maximum atomic E-state index is 5.43. The fraction of sp³-hybridized carbons (Fsp3) is 0.417. The summed E-state index contributed by atoms with van der Waals surface area (Å²) < 4.78 is 5.43. The summed E-state index contributed by atoms with van der Waals surface area (Å²) in [7, 11) is 0. The predicted octanol–water partition coefficient (Wildman–Crippen LogP) is 4.34. The Morgan fingerprint density at radius 1 is 0.966 bits per heavy atom. The van der Waals surface area contributed by atoms with Gasteiger partial charge in [0.25, 0.3) is 0 Å². The molecule has 3 aromatic rings. The molecule has 5 nitrogen and oxygen atoms in total. The zero-order valence-corrected chi connectivity index (χ0v) is 17.6. The van der Waals surface area contributed by atoms with E-state index in [2.05, 4.69) is 67.4 Å². The van der Waals surface area contributed by atoms with Crippen LogP contribution in [0.15, 0.2) is 48.5 Å². The van der Waals surface area contributed by atoms with Crippen molar-refractivity contribution in [2.24, 2.45) is 0 Å². The maximum Gasteiger partial charge on any atom is 0.162 e. The molecule has 2 aromatic carbocycles. The summed E-state index contributed by atoms with van der Waals surface area (Å²) in [5.74, 6) is 1.66. The normalized spacial score (nSPS) is 15.6. The predicted molar refractivity (Wildman–Crippen MR) is 119 cm³/mol. The van der Waals surface area contributed by atoms with Crippen LogP contribution in [0.1, 0.15) is 26.3 Å². The van der Waals surface area contributed by atoms with Crippen LogP contribution < -0.4 is 5.32 Å². The van der Waals surface area contributed by atoms with E-state index in [9.17, 15) is 0 Å². The van der Waals surface area contributed by atoms with Crippen molar-refractivity contribution >= 4 is 16.7 Å². The number of benzene rings is 2. The molecular weight excluding hydrogens is 360 g/mol. The molecular formula is C24H30N4O. The number of aromatic nitrogens is 2. The lowest BCUT2D eigenvalue weighted by atomic mass is 9.87. The summed E-state index contributed by atoms with van der Waals surface area (Å²) in [6.45, 7) is 12.2. The Balaban J connectivity index is 1.58. The third kappa shape index (κ3) is 4.74. The van der Waals surface area contributed by atoms with Gasteiger partial charge in [-0.2, -0.15) is 0 Å². The number of rotatable bonds is 5. The van der Waals surface area contributed by atoms with E-state index in [-0.39, 0.29) is 5.41 Å². The van der Waals surface area contributed by atoms with Gasteiger partial charge in [0.1, 0.15) is 5.82 Å². The van der Waals surface area contributed by atoms with Crippen LogP contribution in [-0.4, -0.2) is 54.3 Å². The van der Waals surface area contributed by atoms with Crippen LogP contribution in [0.4, 0.5) is 5.82 Å². The lowest BCUT2D eigenvalue weighted by Crippen LogP contribution is -2.39. The van der Waals surface area contributed by atoms with E-state index < -0.39 is 0 Å². The molecule has 1 aliphatic rings. The molecule has 1 aliphatic heterocycles. The molecule has 152 valence electrons. The zero-order chi connectivity index (χ0) is 20.3. The summed E-state index contributed by atoms with van der Waals surface area (Å²) >= 11 is 0. The Labute approximate surface area is 173 Å². The van der Waals surface area contributed by atoms with Crippen LogP contribution in [0.2, 0.25) is 0 Å². The highest BCUT2D eigenvalue weighted by molar-refractivity contribution is 5.90. The van der Waals surface area contributed by atoms with Gasteiger partial charge in [0.15, 0.2) is 5.82 Å². The molecule has 0 bridgehead atoms. The van der Waals surface area contributed by atoms with Gasteiger partial charge in [0, 0.05) is 37.1 Å². The topological polar surface area (TPSA) is 50.3 Å². The molecule has 0 radical (unpaired) electrons. The third-order valence-electron chi connectivity index (χ3n) is 5.44. The Hall–Kier alpha value is -2.50. The van der Waals surface area contributed by atoms with Gasteiger partial charge in [0.2, 0.25) is 0 Å². The van der Waals surface area contributed by atoms with Crippen molar-refractivity contribution in [3.63, 3.8) is 0 Å². The lowest BCUT2D eigenvalue weighted by molar-refractivity contribution is 0.0398. The van der Waals surface area contributed by atoms with Gasteiger partial charge in [-0.05, 0) is 23.1 Å². The van der Waals surface area contributed by atoms with Gasteiger partial charge < -0.3 is 10.1 Å². The monoisotopic (exact) mass is 390 g/mol. The molecule has 5 heteroatoms. The van der Waals surface area contributed by atoms with Crippen molar-refractivity contribution in [1.29, 1.82) is 0 Å². The third-order valence-corrected chi connectivity index (χ3v) is 5.44. The van der Waals surface area contributed by atoms with Crippen molar-refractivity contribution in [2.45, 2.75) is 26.2 Å². The van der Waals surface area contributed by atoms with Crippen molar-refractivity contribution in [1.82, 2.24) is 14.9 Å². The van der Waals surface area contributed by atoms with Gasteiger partial charge in [-0.25, -0.2) is 9.97 Å². The Morgan fingerprint density at radius 3 is 2.41 bits per heavy atom. The molecule has 0 saturated carbocycles. The van der Waals surface area contributed by atoms with E-state index in [1.165, 1.54) is 5.56 Å². The first-order valence-electron chi connectivity index (χ1n) is 10.4. The minimum Gasteiger partial charge on any atom is -0.379 e. The first kappa shape index (κ1) is 19.8. The molecule has 1 N–H and O–H groups in total. The lowest BCUT2D eigenvalue weighted by Gasteiger charge is -2.26. The number of hydrogen-bond donors (Lipinski definition) is 1. The van der Waals surface area contributed by atoms with E-state index in [0.717, 1.165) is 67.5 Å². The van der Waals surface area contributed by atoms with Crippen LogP contribution in [0.25, 0.3) is 22.3 Å². The molecule has 1 aromatic heterocycles. The maximum absolute atomic E-state index is 5.43. The first-order chi connectivity index (χ1) is 14.0. The van der Waals surface area contributed by atoms with Gasteiger partial charge >= 0.3 is 0 Å². The fourth-order valence-corrected chi connectivity index (χ4v) is 3.62. The minimum absolute atomic E-state index is 0.134. The van der Waals surface area contributed by atoms with Crippen molar-refractivity contribution in [2.75, 3.05) is 44.7 Å². The summed E-state index contributed by atoms with van der Waals surface area (Å²) in [6, 6.07) is 16.8. The number of fused-ring (bicyclic) bond motifs is 1. The van der Waals surface area contributed by atoms with Gasteiger partial charge in [-0.1, -0.05) is 57.2 Å². The highest BCUT2D eigenvalue weighted by Gasteiger charge is 2.15. The van der Waals surface area contributed by atoms with E-state index in [0.29, 0.717) is 0 Å². The second kappa shape index (κ2) is 8.47. The van der Waals surface area contributed by atoms with Gasteiger partial charge in [0.05, 0.1) is 18.7 Å². The quantitative estimate of drug-likeness (QED) is 0.702. The largest absolute Gasteiger partial charge is 0.379 e. The molecule has 1 fully saturated rings. The highest BCUT2D eigenvalue weighted by Crippen LogP contribution is 2.27. The second-order valence-electron chi connectivity index (χ2n) is 8.62. The summed E-state index contributed by atoms with van der Waals surface area (Å²) in [5.41, 5.74) is 3.45. The minimum atomic E-state index is 0.134. The average molecular weight is 391 g/mol. The average Bonchev–Trinajstić information content (AvgIpc) is 2.74. The zero-order valence-electron chi connectivity index (χ0n) is 17.6. The second-order valence-corrected chi connectivity index (χ2v) is 8.62.